The Bertz CT molecular complexity index is 508. The second-order valence-electron chi connectivity index (χ2n) is 3.65. The molecule has 0 radical (unpaired) electrons. The molecule has 88 valence electrons. The number of carboxylic acids is 1. The van der Waals surface area contributed by atoms with Gasteiger partial charge in [0.15, 0.2) is 0 Å². The van der Waals surface area contributed by atoms with E-state index in [0.717, 1.165) is 5.56 Å². The number of carbonyl (C=O) groups is 1. The highest BCUT2D eigenvalue weighted by molar-refractivity contribution is 5.80. The summed E-state index contributed by atoms with van der Waals surface area (Å²) in [5.41, 5.74) is 6.97. The topological polar surface area (TPSA) is 92.0 Å². The lowest BCUT2D eigenvalue weighted by atomic mass is 9.94. The van der Waals surface area contributed by atoms with E-state index in [9.17, 15) is 4.79 Å². The number of nitrogens with one attached hydrogen (secondary N) is 1. The number of imidazole rings is 1. The minimum atomic E-state index is -0.925. The van der Waals surface area contributed by atoms with Gasteiger partial charge >= 0.3 is 5.97 Å². The van der Waals surface area contributed by atoms with Gasteiger partial charge in [-0.05, 0) is 5.56 Å². The van der Waals surface area contributed by atoms with Gasteiger partial charge in [0, 0.05) is 24.5 Å². The van der Waals surface area contributed by atoms with Crippen molar-refractivity contribution in [2.75, 3.05) is 6.54 Å². The number of hydrogen-bond donors (Lipinski definition) is 3. The van der Waals surface area contributed by atoms with Crippen molar-refractivity contribution < 1.29 is 9.90 Å². The maximum Gasteiger partial charge on any atom is 0.312 e. The Morgan fingerprint density at radius 3 is 2.82 bits per heavy atom. The van der Waals surface area contributed by atoms with E-state index in [-0.39, 0.29) is 6.54 Å². The molecule has 0 aliphatic carbocycles. The Morgan fingerprint density at radius 2 is 2.24 bits per heavy atom. The highest BCUT2D eigenvalue weighted by Crippen LogP contribution is 2.26. The van der Waals surface area contributed by atoms with E-state index in [2.05, 4.69) is 9.97 Å². The van der Waals surface area contributed by atoms with Crippen LogP contribution in [0.1, 0.15) is 11.5 Å². The van der Waals surface area contributed by atoms with E-state index in [1.165, 1.54) is 0 Å². The summed E-state index contributed by atoms with van der Waals surface area (Å²) in [4.78, 5) is 18.2. The van der Waals surface area contributed by atoms with E-state index in [1.54, 1.807) is 24.5 Å². The number of aliphatic carboxylic acids is 1. The van der Waals surface area contributed by atoms with E-state index in [4.69, 9.17) is 10.8 Å². The number of nitrogens with two attached hydrogens (primary N) is 1. The molecule has 0 aliphatic rings. The van der Waals surface area contributed by atoms with Crippen LogP contribution in [0.3, 0.4) is 0 Å². The lowest BCUT2D eigenvalue weighted by Crippen LogP contribution is -2.21. The summed E-state index contributed by atoms with van der Waals surface area (Å²) in [6.07, 6.45) is 3.33. The first kappa shape index (κ1) is 11.3. The molecule has 0 bridgehead atoms. The van der Waals surface area contributed by atoms with E-state index >= 15 is 0 Å². The number of benzene rings is 1. The fourth-order valence-corrected chi connectivity index (χ4v) is 1.79. The number of H-pyrrole nitrogens is 1. The SMILES string of the molecule is NCC(C(=O)O)c1ccccc1-c1ncc[nH]1. The van der Waals surface area contributed by atoms with Gasteiger partial charge in [-0.15, -0.1) is 0 Å². The third-order valence-corrected chi connectivity index (χ3v) is 2.62. The summed E-state index contributed by atoms with van der Waals surface area (Å²) in [7, 11) is 0. The predicted octanol–water partition coefficient (Wildman–Crippen LogP) is 1.20. The Labute approximate surface area is 98.3 Å². The van der Waals surface area contributed by atoms with Crippen molar-refractivity contribution in [2.24, 2.45) is 5.73 Å². The largest absolute Gasteiger partial charge is 0.481 e. The monoisotopic (exact) mass is 231 g/mol. The maximum absolute atomic E-state index is 11.1. The van der Waals surface area contributed by atoms with E-state index < -0.39 is 11.9 Å². The minimum absolute atomic E-state index is 0.0626. The van der Waals surface area contributed by atoms with Gasteiger partial charge in [0.25, 0.3) is 0 Å². The number of aromatic nitrogens is 2. The highest BCUT2D eigenvalue weighted by Gasteiger charge is 2.21. The zero-order valence-corrected chi connectivity index (χ0v) is 9.13. The second kappa shape index (κ2) is 4.80. The Balaban J connectivity index is 2.51. The third kappa shape index (κ3) is 2.19. The van der Waals surface area contributed by atoms with Crippen LogP contribution in [-0.2, 0) is 4.79 Å². The number of rotatable bonds is 4. The van der Waals surface area contributed by atoms with Gasteiger partial charge in [-0.25, -0.2) is 4.98 Å². The van der Waals surface area contributed by atoms with Crippen molar-refractivity contribution in [3.8, 4) is 11.4 Å². The summed E-state index contributed by atoms with van der Waals surface area (Å²) >= 11 is 0. The quantitative estimate of drug-likeness (QED) is 0.737. The highest BCUT2D eigenvalue weighted by atomic mass is 16.4. The number of aromatic amines is 1. The molecule has 0 aliphatic heterocycles. The van der Waals surface area contributed by atoms with Crippen LogP contribution >= 0.6 is 0 Å². The molecule has 0 fully saturated rings. The molecule has 0 saturated carbocycles. The first-order valence-corrected chi connectivity index (χ1v) is 5.25. The van der Waals surface area contributed by atoms with Gasteiger partial charge in [-0.1, -0.05) is 24.3 Å². The summed E-state index contributed by atoms with van der Waals surface area (Å²) in [6.45, 7) is 0.0626. The molecule has 1 aromatic carbocycles. The zero-order valence-electron chi connectivity index (χ0n) is 9.13. The van der Waals surface area contributed by atoms with E-state index in [0.29, 0.717) is 11.4 Å². The Kier molecular flexibility index (Phi) is 3.20. The summed E-state index contributed by atoms with van der Waals surface area (Å²) in [5, 5.41) is 9.14. The van der Waals surface area contributed by atoms with Crippen LogP contribution in [-0.4, -0.2) is 27.6 Å². The summed E-state index contributed by atoms with van der Waals surface area (Å²) in [6, 6.07) is 7.24. The van der Waals surface area contributed by atoms with Crippen LogP contribution in [0.25, 0.3) is 11.4 Å². The Hall–Kier alpha value is -2.14. The van der Waals surface area contributed by atoms with Crippen molar-refractivity contribution >= 4 is 5.97 Å². The molecule has 5 nitrogen and oxygen atoms in total. The van der Waals surface area contributed by atoms with Crippen LogP contribution in [0.2, 0.25) is 0 Å². The first-order valence-electron chi connectivity index (χ1n) is 5.25. The molecule has 17 heavy (non-hydrogen) atoms. The molecule has 1 unspecified atom stereocenters. The molecule has 1 heterocycles. The average Bonchev–Trinajstić information content (AvgIpc) is 2.83. The Morgan fingerprint density at radius 1 is 1.47 bits per heavy atom. The standard InChI is InChI=1S/C12H13N3O2/c13-7-10(12(16)17)8-3-1-2-4-9(8)11-14-5-6-15-11/h1-6,10H,7,13H2,(H,14,15)(H,16,17). The summed E-state index contributed by atoms with van der Waals surface area (Å²) < 4.78 is 0. The zero-order chi connectivity index (χ0) is 12.3. The van der Waals surface area contributed by atoms with Crippen molar-refractivity contribution in [3.05, 3.63) is 42.2 Å². The molecule has 4 N–H and O–H groups in total. The molecule has 1 atom stereocenters. The van der Waals surface area contributed by atoms with Crippen LogP contribution < -0.4 is 5.73 Å². The van der Waals surface area contributed by atoms with E-state index in [1.807, 2.05) is 12.1 Å². The molecule has 5 heteroatoms. The lowest BCUT2D eigenvalue weighted by Gasteiger charge is -2.13. The van der Waals surface area contributed by atoms with Gasteiger partial charge in [-0.2, -0.15) is 0 Å². The summed E-state index contributed by atoms with van der Waals surface area (Å²) in [5.74, 6) is -0.983. The molecule has 2 rings (SSSR count). The fourth-order valence-electron chi connectivity index (χ4n) is 1.79. The van der Waals surface area contributed by atoms with Crippen LogP contribution in [0.4, 0.5) is 0 Å². The maximum atomic E-state index is 11.1. The smallest absolute Gasteiger partial charge is 0.312 e. The van der Waals surface area contributed by atoms with Crippen LogP contribution in [0.15, 0.2) is 36.7 Å². The normalized spacial score (nSPS) is 12.3. The number of nitrogens with zero attached hydrogens (tertiary/aromatic N) is 1. The molecule has 1 aromatic heterocycles. The van der Waals surface area contributed by atoms with Crippen LogP contribution in [0, 0.1) is 0 Å². The van der Waals surface area contributed by atoms with Gasteiger partial charge in [0.1, 0.15) is 5.82 Å². The molecular weight excluding hydrogens is 218 g/mol. The van der Waals surface area contributed by atoms with Gasteiger partial charge in [-0.3, -0.25) is 4.79 Å². The van der Waals surface area contributed by atoms with Crippen molar-refractivity contribution in [1.29, 1.82) is 0 Å². The number of hydrogen-bond acceptors (Lipinski definition) is 3. The van der Waals surface area contributed by atoms with Crippen LogP contribution in [0.5, 0.6) is 0 Å². The van der Waals surface area contributed by atoms with Crippen molar-refractivity contribution in [3.63, 3.8) is 0 Å². The minimum Gasteiger partial charge on any atom is -0.481 e. The fraction of sp³-hybridized carbons (Fsp3) is 0.167. The van der Waals surface area contributed by atoms with Gasteiger partial charge in [0.05, 0.1) is 5.92 Å². The second-order valence-corrected chi connectivity index (χ2v) is 3.65. The molecule has 0 amide bonds. The van der Waals surface area contributed by atoms with Gasteiger partial charge < -0.3 is 15.8 Å². The molecule has 0 saturated heterocycles. The third-order valence-electron chi connectivity index (χ3n) is 2.62. The first-order chi connectivity index (χ1) is 8.24. The molecular formula is C12H13N3O2. The predicted molar refractivity (Wildman–Crippen MR) is 63.5 cm³/mol. The molecule has 0 spiro atoms. The average molecular weight is 231 g/mol. The van der Waals surface area contributed by atoms with Gasteiger partial charge in [0.2, 0.25) is 0 Å². The number of carboxylic acid groups (broad SMARTS) is 1. The van der Waals surface area contributed by atoms with Crippen molar-refractivity contribution in [1.82, 2.24) is 9.97 Å². The van der Waals surface area contributed by atoms with Crippen molar-refractivity contribution in [2.45, 2.75) is 5.92 Å². The lowest BCUT2D eigenvalue weighted by molar-refractivity contribution is -0.138. The molecule has 2 aromatic rings.